The minimum absolute atomic E-state index is 0.351. The molecule has 1 rings (SSSR count). The van der Waals surface area contributed by atoms with Crippen LogP contribution in [0, 0.1) is 10.8 Å². The van der Waals surface area contributed by atoms with Gasteiger partial charge in [0.05, 0.1) is 0 Å². The highest BCUT2D eigenvalue weighted by Crippen LogP contribution is 2.36. The molecule has 1 atom stereocenters. The van der Waals surface area contributed by atoms with E-state index in [9.17, 15) is 0 Å². The smallest absolute Gasteiger partial charge is 0.0125 e. The molecule has 0 radical (unpaired) electrons. The zero-order chi connectivity index (χ0) is 14.7. The van der Waals surface area contributed by atoms with Gasteiger partial charge in [0.25, 0.3) is 0 Å². The Morgan fingerprint density at radius 2 is 1.74 bits per heavy atom. The van der Waals surface area contributed by atoms with Crippen molar-refractivity contribution in [2.24, 2.45) is 10.8 Å². The van der Waals surface area contributed by atoms with Gasteiger partial charge in [-0.2, -0.15) is 0 Å². The van der Waals surface area contributed by atoms with Crippen LogP contribution in [0.3, 0.4) is 0 Å². The van der Waals surface area contributed by atoms with Crippen molar-refractivity contribution in [1.29, 1.82) is 0 Å². The highest BCUT2D eigenvalue weighted by atomic mass is 15.1. The lowest BCUT2D eigenvalue weighted by Gasteiger charge is -2.39. The van der Waals surface area contributed by atoms with Crippen LogP contribution in [0.2, 0.25) is 0 Å². The van der Waals surface area contributed by atoms with Gasteiger partial charge < -0.3 is 10.2 Å². The lowest BCUT2D eigenvalue weighted by atomic mass is 9.75. The Morgan fingerprint density at radius 3 is 2.16 bits per heavy atom. The second-order valence-corrected chi connectivity index (χ2v) is 8.37. The first-order valence-electron chi connectivity index (χ1n) is 8.03. The molecular formula is C17H36N2. The molecule has 1 fully saturated rings. The Hall–Kier alpha value is -0.0800. The molecule has 1 N–H and O–H groups in total. The first-order valence-corrected chi connectivity index (χ1v) is 8.03. The molecule has 114 valence electrons. The molecule has 0 amide bonds. The van der Waals surface area contributed by atoms with E-state index in [0.29, 0.717) is 16.9 Å². The summed E-state index contributed by atoms with van der Waals surface area (Å²) in [5, 5.41) is 3.49. The Labute approximate surface area is 121 Å². The van der Waals surface area contributed by atoms with Crippen molar-refractivity contribution in [2.75, 3.05) is 20.6 Å². The molecule has 0 spiro atoms. The van der Waals surface area contributed by atoms with Crippen LogP contribution in [-0.2, 0) is 0 Å². The van der Waals surface area contributed by atoms with Crippen molar-refractivity contribution >= 4 is 0 Å². The molecule has 0 aromatic heterocycles. The molecule has 0 bridgehead atoms. The fraction of sp³-hybridized carbons (Fsp3) is 1.00. The van der Waals surface area contributed by atoms with Crippen LogP contribution in [0.5, 0.6) is 0 Å². The molecule has 0 aliphatic heterocycles. The van der Waals surface area contributed by atoms with Gasteiger partial charge in [0, 0.05) is 12.1 Å². The predicted molar refractivity (Wildman–Crippen MR) is 85.6 cm³/mol. The fourth-order valence-electron chi connectivity index (χ4n) is 3.35. The summed E-state index contributed by atoms with van der Waals surface area (Å²) in [4.78, 5) is 2.60. The number of hydrogen-bond acceptors (Lipinski definition) is 2. The molecule has 0 aromatic carbocycles. The zero-order valence-corrected chi connectivity index (χ0v) is 14.3. The van der Waals surface area contributed by atoms with Gasteiger partial charge in [-0.15, -0.1) is 0 Å². The van der Waals surface area contributed by atoms with Crippen molar-refractivity contribution in [1.82, 2.24) is 10.2 Å². The summed E-state index contributed by atoms with van der Waals surface area (Å²) in [5.74, 6) is 0. The maximum Gasteiger partial charge on any atom is 0.0125 e. The highest BCUT2D eigenvalue weighted by Gasteiger charge is 2.29. The van der Waals surface area contributed by atoms with Crippen molar-refractivity contribution in [3.05, 3.63) is 0 Å². The first-order chi connectivity index (χ1) is 8.65. The normalized spacial score (nSPS) is 22.7. The molecule has 1 unspecified atom stereocenters. The monoisotopic (exact) mass is 268 g/mol. The summed E-state index contributed by atoms with van der Waals surface area (Å²) in [5.41, 5.74) is 0.931. The van der Waals surface area contributed by atoms with Crippen LogP contribution in [0.15, 0.2) is 0 Å². The Bertz CT molecular complexity index is 255. The zero-order valence-electron chi connectivity index (χ0n) is 14.3. The van der Waals surface area contributed by atoms with Gasteiger partial charge in [-0.25, -0.2) is 0 Å². The number of rotatable bonds is 5. The van der Waals surface area contributed by atoms with Gasteiger partial charge in [-0.05, 0) is 63.6 Å². The van der Waals surface area contributed by atoms with Crippen LogP contribution in [-0.4, -0.2) is 37.6 Å². The maximum absolute atomic E-state index is 3.49. The summed E-state index contributed by atoms with van der Waals surface area (Å²) in [6, 6.07) is 1.42. The van der Waals surface area contributed by atoms with Crippen molar-refractivity contribution < 1.29 is 0 Å². The van der Waals surface area contributed by atoms with E-state index in [0.717, 1.165) is 6.04 Å². The predicted octanol–water partition coefficient (Wildman–Crippen LogP) is 3.91. The molecule has 1 aliphatic carbocycles. The summed E-state index contributed by atoms with van der Waals surface area (Å²) in [7, 11) is 4.41. The summed E-state index contributed by atoms with van der Waals surface area (Å²) in [6.07, 6.45) is 6.77. The molecule has 0 heterocycles. The third kappa shape index (κ3) is 5.43. The topological polar surface area (TPSA) is 15.3 Å². The molecule has 2 nitrogen and oxygen atoms in total. The number of nitrogens with zero attached hydrogens (tertiary/aromatic N) is 1. The van der Waals surface area contributed by atoms with Crippen molar-refractivity contribution in [3.8, 4) is 0 Å². The largest absolute Gasteiger partial charge is 0.316 e. The molecule has 19 heavy (non-hydrogen) atoms. The summed E-state index contributed by atoms with van der Waals surface area (Å²) in [6.45, 7) is 13.0. The van der Waals surface area contributed by atoms with Gasteiger partial charge in [-0.1, -0.05) is 34.6 Å². The van der Waals surface area contributed by atoms with Gasteiger partial charge >= 0.3 is 0 Å². The molecule has 1 saturated carbocycles. The van der Waals surface area contributed by atoms with E-state index in [-0.39, 0.29) is 0 Å². The minimum atomic E-state index is 0.351. The van der Waals surface area contributed by atoms with E-state index in [2.05, 4.69) is 58.9 Å². The summed E-state index contributed by atoms with van der Waals surface area (Å²) >= 11 is 0. The van der Waals surface area contributed by atoms with Crippen LogP contribution < -0.4 is 5.32 Å². The SMILES string of the molecule is CNC(CCN(C)C1CCC(C)(C)CC1)C(C)(C)C. The molecule has 2 heteroatoms. The van der Waals surface area contributed by atoms with Crippen molar-refractivity contribution in [2.45, 2.75) is 78.8 Å². The second kappa shape index (κ2) is 6.58. The van der Waals surface area contributed by atoms with Crippen LogP contribution in [0.4, 0.5) is 0 Å². The van der Waals surface area contributed by atoms with Crippen LogP contribution in [0.1, 0.15) is 66.7 Å². The Balaban J connectivity index is 2.37. The van der Waals surface area contributed by atoms with Gasteiger partial charge in [0.2, 0.25) is 0 Å². The summed E-state index contributed by atoms with van der Waals surface area (Å²) < 4.78 is 0. The number of hydrogen-bond donors (Lipinski definition) is 1. The molecule has 0 aromatic rings. The van der Waals surface area contributed by atoms with E-state index in [1.807, 2.05) is 0 Å². The van der Waals surface area contributed by atoms with Gasteiger partial charge in [0.1, 0.15) is 0 Å². The highest BCUT2D eigenvalue weighted by molar-refractivity contribution is 4.85. The lowest BCUT2D eigenvalue weighted by Crippen LogP contribution is -2.43. The van der Waals surface area contributed by atoms with E-state index in [4.69, 9.17) is 0 Å². The lowest BCUT2D eigenvalue weighted by molar-refractivity contribution is 0.118. The van der Waals surface area contributed by atoms with Crippen molar-refractivity contribution in [3.63, 3.8) is 0 Å². The Morgan fingerprint density at radius 1 is 1.21 bits per heavy atom. The molecule has 0 saturated heterocycles. The average molecular weight is 268 g/mol. The van der Waals surface area contributed by atoms with E-state index < -0.39 is 0 Å². The molecular weight excluding hydrogens is 232 g/mol. The third-order valence-corrected chi connectivity index (χ3v) is 5.10. The van der Waals surface area contributed by atoms with E-state index in [1.165, 1.54) is 38.6 Å². The van der Waals surface area contributed by atoms with Crippen LogP contribution >= 0.6 is 0 Å². The third-order valence-electron chi connectivity index (χ3n) is 5.10. The second-order valence-electron chi connectivity index (χ2n) is 8.37. The first kappa shape index (κ1) is 17.0. The molecule has 1 aliphatic rings. The van der Waals surface area contributed by atoms with Gasteiger partial charge in [0.15, 0.2) is 0 Å². The van der Waals surface area contributed by atoms with Gasteiger partial charge in [-0.3, -0.25) is 0 Å². The van der Waals surface area contributed by atoms with Crippen LogP contribution in [0.25, 0.3) is 0 Å². The Kier molecular flexibility index (Phi) is 5.88. The maximum atomic E-state index is 3.49. The fourth-order valence-corrected chi connectivity index (χ4v) is 3.35. The quantitative estimate of drug-likeness (QED) is 0.813. The standard InChI is InChI=1S/C17H36N2/c1-16(2,3)15(18-6)10-13-19(7)14-8-11-17(4,5)12-9-14/h14-15,18H,8-13H2,1-7H3. The van der Waals surface area contributed by atoms with E-state index in [1.54, 1.807) is 0 Å². The minimum Gasteiger partial charge on any atom is -0.316 e. The number of nitrogens with one attached hydrogen (secondary N) is 1. The average Bonchev–Trinajstić information content (AvgIpc) is 2.27. The van der Waals surface area contributed by atoms with E-state index >= 15 is 0 Å².